The van der Waals surface area contributed by atoms with E-state index in [4.69, 9.17) is 4.74 Å². The van der Waals surface area contributed by atoms with Crippen LogP contribution in [0.15, 0.2) is 46.0 Å². The van der Waals surface area contributed by atoms with Gasteiger partial charge in [0.1, 0.15) is 10.6 Å². The van der Waals surface area contributed by atoms with Crippen LogP contribution in [0.3, 0.4) is 0 Å². The van der Waals surface area contributed by atoms with Gasteiger partial charge in [0.2, 0.25) is 0 Å². The summed E-state index contributed by atoms with van der Waals surface area (Å²) in [4.78, 5) is 15.5. The number of hydrogen-bond acceptors (Lipinski definition) is 6. The summed E-state index contributed by atoms with van der Waals surface area (Å²) in [5, 5.41) is 0. The third kappa shape index (κ3) is 4.08. The average molecular weight is 400 g/mol. The van der Waals surface area contributed by atoms with E-state index in [0.717, 1.165) is 0 Å². The number of carbonyl (C=O) groups excluding carboxylic acids is 1. The molecule has 1 heterocycles. The molecular weight excluding hydrogens is 386 g/mol. The highest BCUT2D eigenvalue weighted by atomic mass is 79.9. The first-order valence-corrected chi connectivity index (χ1v) is 8.90. The highest BCUT2D eigenvalue weighted by Gasteiger charge is 2.21. The fourth-order valence-electron chi connectivity index (χ4n) is 1.99. The number of methoxy groups -OCH3 is 2. The molecule has 0 saturated carbocycles. The predicted molar refractivity (Wildman–Crippen MR) is 87.2 cm³/mol. The van der Waals surface area contributed by atoms with Crippen LogP contribution in [0.25, 0.3) is 0 Å². The number of pyridine rings is 1. The first-order chi connectivity index (χ1) is 10.9. The van der Waals surface area contributed by atoms with Gasteiger partial charge in [-0.15, -0.1) is 0 Å². The maximum absolute atomic E-state index is 12.6. The molecular formula is C15H14BrNO5S. The minimum Gasteiger partial charge on any atom is -0.495 e. The lowest BCUT2D eigenvalue weighted by Crippen LogP contribution is -2.09. The summed E-state index contributed by atoms with van der Waals surface area (Å²) in [6.07, 6.45) is 2.72. The summed E-state index contributed by atoms with van der Waals surface area (Å²) in [5.41, 5.74) is 0.580. The van der Waals surface area contributed by atoms with Crippen LogP contribution >= 0.6 is 15.9 Å². The molecule has 0 bridgehead atoms. The maximum Gasteiger partial charge on any atom is 0.339 e. The fraction of sp³-hybridized carbons (Fsp3) is 0.200. The van der Waals surface area contributed by atoms with Gasteiger partial charge < -0.3 is 9.47 Å². The van der Waals surface area contributed by atoms with Crippen molar-refractivity contribution in [3.05, 3.63) is 52.3 Å². The van der Waals surface area contributed by atoms with E-state index in [9.17, 15) is 13.2 Å². The minimum atomic E-state index is -3.67. The van der Waals surface area contributed by atoms with Crippen molar-refractivity contribution < 1.29 is 22.7 Å². The normalized spacial score (nSPS) is 11.1. The van der Waals surface area contributed by atoms with Crippen molar-refractivity contribution in [2.75, 3.05) is 14.2 Å². The van der Waals surface area contributed by atoms with Crippen LogP contribution in [0, 0.1) is 0 Å². The number of ether oxygens (including phenoxy) is 2. The zero-order valence-electron chi connectivity index (χ0n) is 12.4. The van der Waals surface area contributed by atoms with E-state index in [1.165, 1.54) is 38.7 Å². The number of hydrogen-bond donors (Lipinski definition) is 0. The molecule has 0 amide bonds. The van der Waals surface area contributed by atoms with Crippen molar-refractivity contribution >= 4 is 31.7 Å². The van der Waals surface area contributed by atoms with Gasteiger partial charge >= 0.3 is 5.97 Å². The van der Waals surface area contributed by atoms with Gasteiger partial charge in [0.05, 0.1) is 25.5 Å². The Bertz CT molecular complexity index is 836. The first-order valence-electron chi connectivity index (χ1n) is 6.46. The standard InChI is InChI=1S/C15H14BrNO5S/c1-21-13-4-3-12(16)6-14(13)23(19,20)9-10-5-11(8-17-7-10)15(18)22-2/h3-8H,9H2,1-2H3. The van der Waals surface area contributed by atoms with Gasteiger partial charge in [-0.25, -0.2) is 13.2 Å². The third-order valence-electron chi connectivity index (χ3n) is 3.03. The number of esters is 1. The third-order valence-corrected chi connectivity index (χ3v) is 5.23. The number of rotatable bonds is 5. The molecule has 0 fully saturated rings. The Balaban J connectivity index is 2.39. The summed E-state index contributed by atoms with van der Waals surface area (Å²) >= 11 is 3.25. The van der Waals surface area contributed by atoms with E-state index in [1.54, 1.807) is 12.1 Å². The molecule has 0 N–H and O–H groups in total. The van der Waals surface area contributed by atoms with E-state index in [0.29, 0.717) is 10.0 Å². The Morgan fingerprint density at radius 2 is 1.96 bits per heavy atom. The zero-order valence-corrected chi connectivity index (χ0v) is 14.8. The SMILES string of the molecule is COC(=O)c1cncc(CS(=O)(=O)c2cc(Br)ccc2OC)c1. The Labute approximate surface area is 142 Å². The number of halogens is 1. The predicted octanol–water partition coefficient (Wildman–Crippen LogP) is 2.61. The molecule has 0 aliphatic rings. The molecule has 1 aromatic heterocycles. The maximum atomic E-state index is 12.6. The van der Waals surface area contributed by atoms with Crippen LogP contribution in [0.4, 0.5) is 0 Å². The van der Waals surface area contributed by atoms with Crippen molar-refractivity contribution in [3.63, 3.8) is 0 Å². The lowest BCUT2D eigenvalue weighted by atomic mass is 10.2. The highest BCUT2D eigenvalue weighted by Crippen LogP contribution is 2.29. The zero-order chi connectivity index (χ0) is 17.0. The van der Waals surface area contributed by atoms with E-state index < -0.39 is 15.8 Å². The Kier molecular flexibility index (Phi) is 5.38. The molecule has 6 nitrogen and oxygen atoms in total. The van der Waals surface area contributed by atoms with Gasteiger partial charge in [-0.05, 0) is 29.8 Å². The van der Waals surface area contributed by atoms with Crippen molar-refractivity contribution in [1.29, 1.82) is 0 Å². The largest absolute Gasteiger partial charge is 0.495 e. The number of carbonyl (C=O) groups is 1. The molecule has 0 atom stereocenters. The van der Waals surface area contributed by atoms with Crippen LogP contribution in [0.5, 0.6) is 5.75 Å². The van der Waals surface area contributed by atoms with E-state index >= 15 is 0 Å². The molecule has 122 valence electrons. The molecule has 8 heteroatoms. The molecule has 0 aliphatic heterocycles. The van der Waals surface area contributed by atoms with Crippen molar-refractivity contribution in [1.82, 2.24) is 4.98 Å². The molecule has 2 rings (SSSR count). The molecule has 0 spiro atoms. The van der Waals surface area contributed by atoms with Gasteiger partial charge in [-0.2, -0.15) is 0 Å². The monoisotopic (exact) mass is 399 g/mol. The first kappa shape index (κ1) is 17.4. The van der Waals surface area contributed by atoms with Crippen molar-refractivity contribution in [2.24, 2.45) is 0 Å². The van der Waals surface area contributed by atoms with Gasteiger partial charge in [-0.1, -0.05) is 15.9 Å². The molecule has 0 saturated heterocycles. The topological polar surface area (TPSA) is 82.6 Å². The van der Waals surface area contributed by atoms with Gasteiger partial charge in [0.25, 0.3) is 0 Å². The quantitative estimate of drug-likeness (QED) is 0.718. The molecule has 23 heavy (non-hydrogen) atoms. The molecule has 2 aromatic rings. The lowest BCUT2D eigenvalue weighted by molar-refractivity contribution is 0.0600. The molecule has 0 unspecified atom stereocenters. The second-order valence-electron chi connectivity index (χ2n) is 4.63. The lowest BCUT2D eigenvalue weighted by Gasteiger charge is -2.10. The number of nitrogens with zero attached hydrogens (tertiary/aromatic N) is 1. The summed E-state index contributed by atoms with van der Waals surface area (Å²) in [7, 11) is -1.02. The Hall–Kier alpha value is -1.93. The average Bonchev–Trinajstić information content (AvgIpc) is 2.54. The van der Waals surface area contributed by atoms with Gasteiger partial charge in [-0.3, -0.25) is 4.98 Å². The van der Waals surface area contributed by atoms with Gasteiger partial charge in [0, 0.05) is 16.9 Å². The number of benzene rings is 1. The van der Waals surface area contributed by atoms with E-state index in [1.807, 2.05) is 0 Å². The number of sulfone groups is 1. The summed E-state index contributed by atoms with van der Waals surface area (Å²) < 4.78 is 35.6. The van der Waals surface area contributed by atoms with E-state index in [-0.39, 0.29) is 22.0 Å². The van der Waals surface area contributed by atoms with Crippen molar-refractivity contribution in [2.45, 2.75) is 10.6 Å². The molecule has 0 radical (unpaired) electrons. The van der Waals surface area contributed by atoms with Crippen LogP contribution in [-0.2, 0) is 20.3 Å². The van der Waals surface area contributed by atoms with E-state index in [2.05, 4.69) is 25.7 Å². The second kappa shape index (κ2) is 7.10. The van der Waals surface area contributed by atoms with Crippen LogP contribution in [0.2, 0.25) is 0 Å². The minimum absolute atomic E-state index is 0.0675. The molecule has 0 aliphatic carbocycles. The van der Waals surface area contributed by atoms with Crippen LogP contribution in [0.1, 0.15) is 15.9 Å². The van der Waals surface area contributed by atoms with Crippen LogP contribution in [-0.4, -0.2) is 33.6 Å². The fourth-order valence-corrected chi connectivity index (χ4v) is 4.02. The summed E-state index contributed by atoms with van der Waals surface area (Å²) in [6.45, 7) is 0. The Morgan fingerprint density at radius 1 is 1.22 bits per heavy atom. The summed E-state index contributed by atoms with van der Waals surface area (Å²) in [6, 6.07) is 6.18. The Morgan fingerprint density at radius 3 is 2.61 bits per heavy atom. The molecule has 1 aromatic carbocycles. The number of aromatic nitrogens is 1. The van der Waals surface area contributed by atoms with Gasteiger partial charge in [0.15, 0.2) is 9.84 Å². The second-order valence-corrected chi connectivity index (χ2v) is 7.50. The highest BCUT2D eigenvalue weighted by molar-refractivity contribution is 9.10. The smallest absolute Gasteiger partial charge is 0.339 e. The van der Waals surface area contributed by atoms with Crippen molar-refractivity contribution in [3.8, 4) is 5.75 Å². The van der Waals surface area contributed by atoms with Crippen LogP contribution < -0.4 is 4.74 Å². The summed E-state index contributed by atoms with van der Waals surface area (Å²) in [5.74, 6) is -0.625.